The van der Waals surface area contributed by atoms with E-state index in [9.17, 15) is 27.2 Å². The summed E-state index contributed by atoms with van der Waals surface area (Å²) in [5.74, 6) is -0.878. The van der Waals surface area contributed by atoms with E-state index in [4.69, 9.17) is 0 Å². The van der Waals surface area contributed by atoms with Gasteiger partial charge in [0.15, 0.2) is 11.6 Å². The third-order valence-corrected chi connectivity index (χ3v) is 5.56. The molecule has 12 heteroatoms. The van der Waals surface area contributed by atoms with E-state index in [1.54, 1.807) is 17.0 Å². The first-order valence-corrected chi connectivity index (χ1v) is 10.5. The van der Waals surface area contributed by atoms with Crippen LogP contribution in [0.1, 0.15) is 28.8 Å². The highest BCUT2D eigenvalue weighted by Crippen LogP contribution is 2.34. The minimum Gasteiger partial charge on any atom is -0.352 e. The number of alkyl halides is 3. The van der Waals surface area contributed by atoms with E-state index in [1.807, 2.05) is 0 Å². The fourth-order valence-electron chi connectivity index (χ4n) is 3.55. The largest absolute Gasteiger partial charge is 0.417 e. The maximum absolute atomic E-state index is 14.1. The van der Waals surface area contributed by atoms with E-state index >= 15 is 0 Å². The molecular weight excluding hydrogens is 444 g/mol. The summed E-state index contributed by atoms with van der Waals surface area (Å²) in [5, 5.41) is 13.4. The summed E-state index contributed by atoms with van der Waals surface area (Å²) in [7, 11) is 0. The molecule has 8 nitrogen and oxygen atoms in total. The fraction of sp³-hybridized carbons (Fsp3) is 0.429. The van der Waals surface area contributed by atoms with Gasteiger partial charge in [0, 0.05) is 32.7 Å². The summed E-state index contributed by atoms with van der Waals surface area (Å²) in [6.07, 6.45) is -2.59. The Hall–Kier alpha value is -3.44. The van der Waals surface area contributed by atoms with E-state index in [1.165, 1.54) is 4.90 Å². The van der Waals surface area contributed by atoms with Crippen LogP contribution in [0.2, 0.25) is 0 Å². The molecule has 0 atom stereocenters. The molecule has 33 heavy (non-hydrogen) atoms. The van der Waals surface area contributed by atoms with Crippen molar-refractivity contribution < 1.29 is 27.2 Å². The number of hydrogen-bond donors (Lipinski definition) is 2. The zero-order valence-electron chi connectivity index (χ0n) is 17.5. The van der Waals surface area contributed by atoms with Crippen molar-refractivity contribution in [1.29, 1.82) is 0 Å². The number of nitrogens with one attached hydrogen (secondary N) is 2. The second-order valence-electron chi connectivity index (χ2n) is 7.99. The summed E-state index contributed by atoms with van der Waals surface area (Å²) in [5.41, 5.74) is -2.25. The van der Waals surface area contributed by atoms with Crippen molar-refractivity contribution in [3.05, 3.63) is 47.3 Å². The minimum atomic E-state index is -4.84. The number of aromatic nitrogens is 2. The Bertz CT molecular complexity index is 1020. The maximum Gasteiger partial charge on any atom is 0.417 e. The van der Waals surface area contributed by atoms with Crippen LogP contribution in [-0.2, 0) is 6.18 Å². The lowest BCUT2D eigenvalue weighted by Crippen LogP contribution is -2.49. The van der Waals surface area contributed by atoms with Gasteiger partial charge in [-0.2, -0.15) is 13.2 Å². The number of benzene rings is 1. The molecule has 2 fully saturated rings. The quantitative estimate of drug-likeness (QED) is 0.661. The molecule has 0 bridgehead atoms. The fourth-order valence-corrected chi connectivity index (χ4v) is 3.55. The number of halogens is 4. The van der Waals surface area contributed by atoms with Gasteiger partial charge in [0.1, 0.15) is 5.82 Å². The molecule has 4 rings (SSSR count). The third-order valence-electron chi connectivity index (χ3n) is 5.56. The normalized spacial score (nSPS) is 16.5. The third kappa shape index (κ3) is 5.49. The number of urea groups is 1. The van der Waals surface area contributed by atoms with Crippen LogP contribution in [-0.4, -0.2) is 59.8 Å². The van der Waals surface area contributed by atoms with Crippen molar-refractivity contribution in [2.75, 3.05) is 42.9 Å². The molecule has 1 saturated heterocycles. The Morgan fingerprint density at radius 2 is 1.76 bits per heavy atom. The van der Waals surface area contributed by atoms with E-state index in [2.05, 4.69) is 20.8 Å². The van der Waals surface area contributed by atoms with Crippen LogP contribution in [0, 0.1) is 11.7 Å². The highest BCUT2D eigenvalue weighted by atomic mass is 19.4. The van der Waals surface area contributed by atoms with Crippen molar-refractivity contribution in [2.45, 2.75) is 19.0 Å². The van der Waals surface area contributed by atoms with Crippen molar-refractivity contribution in [2.24, 2.45) is 5.92 Å². The number of piperazine rings is 1. The van der Waals surface area contributed by atoms with Gasteiger partial charge in [-0.3, -0.25) is 10.1 Å². The van der Waals surface area contributed by atoms with Crippen LogP contribution >= 0.6 is 0 Å². The first-order chi connectivity index (χ1) is 15.7. The molecule has 1 aliphatic heterocycles. The smallest absolute Gasteiger partial charge is 0.352 e. The summed E-state index contributed by atoms with van der Waals surface area (Å²) >= 11 is 0. The molecule has 1 aliphatic carbocycles. The molecular formula is C21H22F4N6O2. The van der Waals surface area contributed by atoms with Gasteiger partial charge in [-0.25, -0.2) is 9.18 Å². The van der Waals surface area contributed by atoms with Gasteiger partial charge in [-0.1, -0.05) is 6.07 Å². The molecule has 0 spiro atoms. The molecule has 2 aliphatic rings. The lowest BCUT2D eigenvalue weighted by atomic mass is 10.0. The summed E-state index contributed by atoms with van der Waals surface area (Å²) in [6.45, 7) is 1.37. The number of rotatable bonds is 5. The number of hydrogen-bond acceptors (Lipinski definition) is 5. The SMILES string of the molecule is O=C(NCC1CC1)Nc1ccc(N2CCN(C(=O)c3c(F)cccc3C(F)(F)F)CC2)nn1. The van der Waals surface area contributed by atoms with Crippen LogP contribution in [0.3, 0.4) is 0 Å². The second-order valence-corrected chi connectivity index (χ2v) is 7.99. The van der Waals surface area contributed by atoms with Gasteiger partial charge in [0.2, 0.25) is 0 Å². The molecule has 0 unspecified atom stereocenters. The molecule has 1 saturated carbocycles. The number of carbonyl (C=O) groups excluding carboxylic acids is 2. The van der Waals surface area contributed by atoms with Crippen molar-refractivity contribution in [1.82, 2.24) is 20.4 Å². The van der Waals surface area contributed by atoms with Crippen molar-refractivity contribution >= 4 is 23.6 Å². The van der Waals surface area contributed by atoms with Gasteiger partial charge < -0.3 is 15.1 Å². The molecule has 1 aromatic carbocycles. The van der Waals surface area contributed by atoms with E-state index in [-0.39, 0.29) is 38.0 Å². The van der Waals surface area contributed by atoms with Crippen LogP contribution in [0.25, 0.3) is 0 Å². The number of nitrogens with zero attached hydrogens (tertiary/aromatic N) is 4. The molecule has 0 radical (unpaired) electrons. The lowest BCUT2D eigenvalue weighted by Gasteiger charge is -2.35. The van der Waals surface area contributed by atoms with E-state index in [0.29, 0.717) is 24.3 Å². The predicted molar refractivity (Wildman–Crippen MR) is 111 cm³/mol. The number of amides is 3. The first-order valence-electron chi connectivity index (χ1n) is 10.5. The summed E-state index contributed by atoms with van der Waals surface area (Å²) < 4.78 is 53.9. The zero-order valence-corrected chi connectivity index (χ0v) is 17.5. The van der Waals surface area contributed by atoms with E-state index < -0.39 is 29.0 Å². The molecule has 2 N–H and O–H groups in total. The average Bonchev–Trinajstić information content (AvgIpc) is 3.62. The Labute approximate surface area is 187 Å². The maximum atomic E-state index is 14.1. The molecule has 2 heterocycles. The zero-order chi connectivity index (χ0) is 23.6. The summed E-state index contributed by atoms with van der Waals surface area (Å²) in [6, 6.07) is 5.36. The monoisotopic (exact) mass is 466 g/mol. The number of anilines is 2. The van der Waals surface area contributed by atoms with Crippen molar-refractivity contribution in [3.63, 3.8) is 0 Å². The van der Waals surface area contributed by atoms with Gasteiger partial charge in [0.05, 0.1) is 11.1 Å². The van der Waals surface area contributed by atoms with Gasteiger partial charge in [0.25, 0.3) is 5.91 Å². The highest BCUT2D eigenvalue weighted by molar-refractivity contribution is 5.96. The molecule has 1 aromatic heterocycles. The van der Waals surface area contributed by atoms with E-state index in [0.717, 1.165) is 25.0 Å². The number of carbonyl (C=O) groups is 2. The van der Waals surface area contributed by atoms with Crippen LogP contribution in [0.15, 0.2) is 30.3 Å². The first kappa shape index (κ1) is 22.7. The predicted octanol–water partition coefficient (Wildman–Crippen LogP) is 3.13. The van der Waals surface area contributed by atoms with Crippen LogP contribution < -0.4 is 15.5 Å². The lowest BCUT2D eigenvalue weighted by molar-refractivity contribution is -0.138. The molecule has 176 valence electrons. The van der Waals surface area contributed by atoms with Crippen molar-refractivity contribution in [3.8, 4) is 0 Å². The van der Waals surface area contributed by atoms with Gasteiger partial charge >= 0.3 is 12.2 Å². The van der Waals surface area contributed by atoms with Crippen LogP contribution in [0.5, 0.6) is 0 Å². The topological polar surface area (TPSA) is 90.5 Å². The molecule has 3 amide bonds. The Balaban J connectivity index is 1.34. The Morgan fingerprint density at radius 3 is 2.36 bits per heavy atom. The molecule has 2 aromatic rings. The highest BCUT2D eigenvalue weighted by Gasteiger charge is 2.38. The minimum absolute atomic E-state index is 0.0930. The second kappa shape index (κ2) is 9.20. The summed E-state index contributed by atoms with van der Waals surface area (Å²) in [4.78, 5) is 27.5. The Morgan fingerprint density at radius 1 is 1.03 bits per heavy atom. The van der Waals surface area contributed by atoms with Gasteiger partial charge in [-0.15, -0.1) is 10.2 Å². The standard InChI is InChI=1S/C21H22F4N6O2/c22-15-3-1-2-14(21(23,24)25)18(15)19(32)31-10-8-30(9-11-31)17-7-6-16(28-29-17)27-20(33)26-12-13-4-5-13/h1-3,6-7,13H,4-5,8-12H2,(H2,26,27,28,33). The van der Waals surface area contributed by atoms with Crippen LogP contribution in [0.4, 0.5) is 34.0 Å². The van der Waals surface area contributed by atoms with Gasteiger partial charge in [-0.05, 0) is 43.0 Å². The average molecular weight is 466 g/mol. The Kier molecular flexibility index (Phi) is 6.34.